The van der Waals surface area contributed by atoms with Crippen molar-refractivity contribution >= 4 is 5.91 Å². The minimum Gasteiger partial charge on any atom is -0.497 e. The van der Waals surface area contributed by atoms with Crippen LogP contribution in [-0.4, -0.2) is 39.9 Å². The molecule has 1 aromatic carbocycles. The van der Waals surface area contributed by atoms with Crippen molar-refractivity contribution in [1.82, 2.24) is 5.32 Å². The smallest absolute Gasteiger partial charge is 0.226 e. The van der Waals surface area contributed by atoms with Crippen LogP contribution in [0.4, 0.5) is 0 Å². The van der Waals surface area contributed by atoms with Crippen LogP contribution in [0.5, 0.6) is 11.5 Å². The standard InChI is InChI=1S/C14H19NO4/c1-17-6-5-15-14(16)11-7-10-8-12(18-2)3-4-13(10)19-9-11/h3-4,8,11H,5-7,9H2,1-2H3,(H,15,16). The maximum atomic E-state index is 12.0. The van der Waals surface area contributed by atoms with E-state index in [4.69, 9.17) is 14.2 Å². The molecule has 5 heteroatoms. The first-order valence-electron chi connectivity index (χ1n) is 6.31. The highest BCUT2D eigenvalue weighted by atomic mass is 16.5. The second-order valence-corrected chi connectivity index (χ2v) is 4.47. The summed E-state index contributed by atoms with van der Waals surface area (Å²) in [4.78, 5) is 12.0. The summed E-state index contributed by atoms with van der Waals surface area (Å²) < 4.78 is 15.7. The summed E-state index contributed by atoms with van der Waals surface area (Å²) in [5, 5.41) is 2.84. The fourth-order valence-electron chi connectivity index (χ4n) is 2.09. The van der Waals surface area contributed by atoms with Crippen LogP contribution in [-0.2, 0) is 16.0 Å². The average molecular weight is 265 g/mol. The van der Waals surface area contributed by atoms with Crippen molar-refractivity contribution in [3.8, 4) is 11.5 Å². The predicted molar refractivity (Wildman–Crippen MR) is 70.6 cm³/mol. The second-order valence-electron chi connectivity index (χ2n) is 4.47. The highest BCUT2D eigenvalue weighted by molar-refractivity contribution is 5.79. The molecule has 1 aliphatic heterocycles. The molecule has 0 bridgehead atoms. The lowest BCUT2D eigenvalue weighted by Gasteiger charge is -2.25. The molecule has 1 amide bonds. The summed E-state index contributed by atoms with van der Waals surface area (Å²) in [6.45, 7) is 1.46. The van der Waals surface area contributed by atoms with Crippen LogP contribution in [0.25, 0.3) is 0 Å². The maximum Gasteiger partial charge on any atom is 0.226 e. The summed E-state index contributed by atoms with van der Waals surface area (Å²) in [5.74, 6) is 1.46. The van der Waals surface area contributed by atoms with Gasteiger partial charge in [0.05, 0.1) is 19.6 Å². The van der Waals surface area contributed by atoms with Crippen LogP contribution in [0.2, 0.25) is 0 Å². The van der Waals surface area contributed by atoms with Gasteiger partial charge in [0, 0.05) is 13.7 Å². The monoisotopic (exact) mass is 265 g/mol. The van der Waals surface area contributed by atoms with Crippen LogP contribution >= 0.6 is 0 Å². The van der Waals surface area contributed by atoms with E-state index >= 15 is 0 Å². The first-order chi connectivity index (χ1) is 9.24. The highest BCUT2D eigenvalue weighted by Gasteiger charge is 2.26. The van der Waals surface area contributed by atoms with Gasteiger partial charge in [0.1, 0.15) is 18.1 Å². The number of fused-ring (bicyclic) bond motifs is 1. The van der Waals surface area contributed by atoms with Gasteiger partial charge in [-0.2, -0.15) is 0 Å². The molecular formula is C14H19NO4. The van der Waals surface area contributed by atoms with Gasteiger partial charge in [-0.3, -0.25) is 4.79 Å². The maximum absolute atomic E-state index is 12.0. The first-order valence-corrected chi connectivity index (χ1v) is 6.31. The molecule has 104 valence electrons. The SMILES string of the molecule is COCCNC(=O)C1COc2ccc(OC)cc2C1. The Hall–Kier alpha value is -1.75. The summed E-state index contributed by atoms with van der Waals surface area (Å²) in [5.41, 5.74) is 1.01. The number of benzene rings is 1. The van der Waals surface area contributed by atoms with E-state index in [1.165, 1.54) is 0 Å². The van der Waals surface area contributed by atoms with E-state index in [0.717, 1.165) is 17.1 Å². The van der Waals surface area contributed by atoms with Crippen molar-refractivity contribution in [1.29, 1.82) is 0 Å². The topological polar surface area (TPSA) is 56.8 Å². The van der Waals surface area contributed by atoms with Crippen LogP contribution in [0.15, 0.2) is 18.2 Å². The van der Waals surface area contributed by atoms with Gasteiger partial charge in [-0.1, -0.05) is 0 Å². The van der Waals surface area contributed by atoms with Gasteiger partial charge in [0.2, 0.25) is 5.91 Å². The van der Waals surface area contributed by atoms with E-state index in [1.54, 1.807) is 14.2 Å². The number of rotatable bonds is 5. The number of nitrogens with one attached hydrogen (secondary N) is 1. The lowest BCUT2D eigenvalue weighted by molar-refractivity contribution is -0.126. The fraction of sp³-hybridized carbons (Fsp3) is 0.500. The molecular weight excluding hydrogens is 246 g/mol. The largest absolute Gasteiger partial charge is 0.497 e. The Morgan fingerprint density at radius 1 is 1.47 bits per heavy atom. The van der Waals surface area contributed by atoms with Gasteiger partial charge in [-0.25, -0.2) is 0 Å². The third-order valence-corrected chi connectivity index (χ3v) is 3.15. The second kappa shape index (κ2) is 6.43. The Balaban J connectivity index is 1.98. The summed E-state index contributed by atoms with van der Waals surface area (Å²) in [6, 6.07) is 5.66. The molecule has 1 aliphatic rings. The molecule has 0 aromatic heterocycles. The first kappa shape index (κ1) is 13.7. The molecule has 1 unspecified atom stereocenters. The van der Waals surface area contributed by atoms with Crippen LogP contribution in [0.3, 0.4) is 0 Å². The number of carbonyl (C=O) groups excluding carboxylic acids is 1. The van der Waals surface area contributed by atoms with Crippen molar-refractivity contribution in [3.63, 3.8) is 0 Å². The number of carbonyl (C=O) groups is 1. The molecule has 1 atom stereocenters. The molecule has 2 rings (SSSR count). The fourth-order valence-corrected chi connectivity index (χ4v) is 2.09. The van der Waals surface area contributed by atoms with Gasteiger partial charge in [0.15, 0.2) is 0 Å². The lowest BCUT2D eigenvalue weighted by Crippen LogP contribution is -2.38. The van der Waals surface area contributed by atoms with E-state index in [-0.39, 0.29) is 11.8 Å². The van der Waals surface area contributed by atoms with Gasteiger partial charge >= 0.3 is 0 Å². The predicted octanol–water partition coefficient (Wildman–Crippen LogP) is 1.01. The van der Waals surface area contributed by atoms with Crippen molar-refractivity contribution < 1.29 is 19.0 Å². The van der Waals surface area contributed by atoms with Crippen molar-refractivity contribution in [2.24, 2.45) is 5.92 Å². The molecule has 0 saturated heterocycles. The van der Waals surface area contributed by atoms with E-state index in [0.29, 0.717) is 26.2 Å². The number of ether oxygens (including phenoxy) is 3. The summed E-state index contributed by atoms with van der Waals surface area (Å²) >= 11 is 0. The van der Waals surface area contributed by atoms with Gasteiger partial charge in [0.25, 0.3) is 0 Å². The van der Waals surface area contributed by atoms with Gasteiger partial charge in [-0.05, 0) is 30.2 Å². The normalized spacial score (nSPS) is 17.3. The molecule has 0 aliphatic carbocycles. The molecule has 0 fully saturated rings. The van der Waals surface area contributed by atoms with E-state index < -0.39 is 0 Å². The summed E-state index contributed by atoms with van der Waals surface area (Å²) in [7, 11) is 3.23. The van der Waals surface area contributed by atoms with Gasteiger partial charge < -0.3 is 19.5 Å². The van der Waals surface area contributed by atoms with Crippen molar-refractivity contribution in [3.05, 3.63) is 23.8 Å². The number of hydrogen-bond acceptors (Lipinski definition) is 4. The molecule has 0 radical (unpaired) electrons. The average Bonchev–Trinajstić information content (AvgIpc) is 2.46. The Kier molecular flexibility index (Phi) is 4.63. The van der Waals surface area contributed by atoms with Crippen LogP contribution < -0.4 is 14.8 Å². The summed E-state index contributed by atoms with van der Waals surface area (Å²) in [6.07, 6.45) is 0.672. The molecule has 19 heavy (non-hydrogen) atoms. The van der Waals surface area contributed by atoms with E-state index in [9.17, 15) is 4.79 Å². The van der Waals surface area contributed by atoms with Crippen LogP contribution in [0.1, 0.15) is 5.56 Å². The van der Waals surface area contributed by atoms with E-state index in [1.807, 2.05) is 18.2 Å². The molecule has 1 heterocycles. The van der Waals surface area contributed by atoms with Crippen molar-refractivity contribution in [2.75, 3.05) is 34.0 Å². The quantitative estimate of drug-likeness (QED) is 0.807. The third-order valence-electron chi connectivity index (χ3n) is 3.15. The molecule has 1 N–H and O–H groups in total. The Morgan fingerprint density at radius 2 is 2.32 bits per heavy atom. The zero-order chi connectivity index (χ0) is 13.7. The Bertz CT molecular complexity index is 447. The number of methoxy groups -OCH3 is 2. The number of amides is 1. The Morgan fingerprint density at radius 3 is 3.05 bits per heavy atom. The molecule has 1 aromatic rings. The number of hydrogen-bond donors (Lipinski definition) is 1. The van der Waals surface area contributed by atoms with Crippen molar-refractivity contribution in [2.45, 2.75) is 6.42 Å². The van der Waals surface area contributed by atoms with Crippen LogP contribution in [0, 0.1) is 5.92 Å². The molecule has 0 saturated carbocycles. The Labute approximate surface area is 112 Å². The minimum absolute atomic E-state index is 0.00511. The minimum atomic E-state index is -0.156. The molecule has 5 nitrogen and oxygen atoms in total. The van der Waals surface area contributed by atoms with E-state index in [2.05, 4.69) is 5.32 Å². The third kappa shape index (κ3) is 3.38. The highest BCUT2D eigenvalue weighted by Crippen LogP contribution is 2.30. The molecule has 0 spiro atoms. The zero-order valence-electron chi connectivity index (χ0n) is 11.3. The lowest BCUT2D eigenvalue weighted by atomic mass is 9.96. The zero-order valence-corrected chi connectivity index (χ0v) is 11.3. The van der Waals surface area contributed by atoms with Gasteiger partial charge in [-0.15, -0.1) is 0 Å².